The van der Waals surface area contributed by atoms with Crippen molar-refractivity contribution in [3.8, 4) is 17.1 Å². The van der Waals surface area contributed by atoms with Crippen LogP contribution in [0.15, 0.2) is 48.8 Å². The zero-order chi connectivity index (χ0) is 25.4. The molecule has 2 aliphatic heterocycles. The predicted octanol–water partition coefficient (Wildman–Crippen LogP) is 4.33. The Labute approximate surface area is 217 Å². The van der Waals surface area contributed by atoms with E-state index in [0.717, 1.165) is 65.5 Å². The Morgan fingerprint density at radius 2 is 1.95 bits per heavy atom. The number of hydrogen-bond donors (Lipinski definition) is 1. The summed E-state index contributed by atoms with van der Waals surface area (Å²) in [5.74, 6) is 2.19. The molecule has 190 valence electrons. The molecular formula is C29H33N7O. The third-order valence-electron chi connectivity index (χ3n) is 7.66. The largest absolute Gasteiger partial charge is 0.480 e. The standard InChI is InChI=1S/C29H33N7O/c1-19-12-22(26-6-7-27(37-3)34-33-26)14-25-28(19)31-18-32-29(25)36-11-9-21-4-5-24(13-23(21)17-36)30-15-20-8-10-35(2)16-20/h4-7,12-14,18,20,30H,8-11,15-17H2,1-3H3. The Hall–Kier alpha value is -3.78. The van der Waals surface area contributed by atoms with Crippen LogP contribution in [0.25, 0.3) is 22.2 Å². The summed E-state index contributed by atoms with van der Waals surface area (Å²) in [5, 5.41) is 13.2. The Kier molecular flexibility index (Phi) is 6.34. The summed E-state index contributed by atoms with van der Waals surface area (Å²) in [4.78, 5) is 14.2. The molecule has 2 aromatic carbocycles. The van der Waals surface area contributed by atoms with Gasteiger partial charge in [-0.1, -0.05) is 6.07 Å². The second-order valence-corrected chi connectivity index (χ2v) is 10.3. The van der Waals surface area contributed by atoms with E-state index in [1.807, 2.05) is 12.1 Å². The number of nitrogens with one attached hydrogen (secondary N) is 1. The maximum absolute atomic E-state index is 5.17. The number of aromatic nitrogens is 4. The number of ether oxygens (including phenoxy) is 1. The summed E-state index contributed by atoms with van der Waals surface area (Å²) in [6.45, 7) is 7.24. The van der Waals surface area contributed by atoms with Gasteiger partial charge in [-0.2, -0.15) is 0 Å². The molecule has 0 bridgehead atoms. The Morgan fingerprint density at radius 3 is 2.73 bits per heavy atom. The number of anilines is 2. The number of aryl methyl sites for hydroxylation is 1. The van der Waals surface area contributed by atoms with Crippen LogP contribution in [0.2, 0.25) is 0 Å². The maximum Gasteiger partial charge on any atom is 0.233 e. The molecule has 37 heavy (non-hydrogen) atoms. The van der Waals surface area contributed by atoms with Crippen molar-refractivity contribution in [3.05, 3.63) is 65.5 Å². The van der Waals surface area contributed by atoms with Crippen LogP contribution in [-0.4, -0.2) is 65.4 Å². The summed E-state index contributed by atoms with van der Waals surface area (Å²) < 4.78 is 5.17. The molecule has 4 aromatic rings. The smallest absolute Gasteiger partial charge is 0.233 e. The molecule has 8 heteroatoms. The van der Waals surface area contributed by atoms with E-state index in [4.69, 9.17) is 9.72 Å². The highest BCUT2D eigenvalue weighted by Crippen LogP contribution is 2.33. The van der Waals surface area contributed by atoms with Gasteiger partial charge in [-0.05, 0) is 86.3 Å². The summed E-state index contributed by atoms with van der Waals surface area (Å²) in [6.07, 6.45) is 3.95. The van der Waals surface area contributed by atoms with E-state index >= 15 is 0 Å². The first-order valence-corrected chi connectivity index (χ1v) is 13.0. The monoisotopic (exact) mass is 495 g/mol. The van der Waals surface area contributed by atoms with Crippen molar-refractivity contribution in [1.82, 2.24) is 25.1 Å². The fraction of sp³-hybridized carbons (Fsp3) is 0.379. The number of benzene rings is 2. The van der Waals surface area contributed by atoms with Gasteiger partial charge < -0.3 is 19.9 Å². The molecule has 1 fully saturated rings. The first-order valence-electron chi connectivity index (χ1n) is 13.0. The number of hydrogen-bond acceptors (Lipinski definition) is 8. The number of nitrogens with zero attached hydrogens (tertiary/aromatic N) is 6. The lowest BCUT2D eigenvalue weighted by Crippen LogP contribution is -2.31. The van der Waals surface area contributed by atoms with Gasteiger partial charge in [-0.15, -0.1) is 10.2 Å². The van der Waals surface area contributed by atoms with Crippen LogP contribution >= 0.6 is 0 Å². The van der Waals surface area contributed by atoms with Crippen molar-refractivity contribution in [2.45, 2.75) is 26.3 Å². The Balaban J connectivity index is 1.28. The van der Waals surface area contributed by atoms with Crippen molar-refractivity contribution in [3.63, 3.8) is 0 Å². The first-order chi connectivity index (χ1) is 18.1. The lowest BCUT2D eigenvalue weighted by atomic mass is 9.98. The molecule has 1 N–H and O–H groups in total. The SMILES string of the molecule is COc1ccc(-c2cc(C)c3ncnc(N4CCc5ccc(NCC6CCN(C)C6)cc5C4)c3c2)nn1. The van der Waals surface area contributed by atoms with E-state index in [1.165, 1.54) is 36.3 Å². The maximum atomic E-state index is 5.17. The van der Waals surface area contributed by atoms with Crippen molar-refractivity contribution in [2.75, 3.05) is 50.6 Å². The van der Waals surface area contributed by atoms with E-state index < -0.39 is 0 Å². The van der Waals surface area contributed by atoms with Crippen molar-refractivity contribution in [2.24, 2.45) is 5.92 Å². The van der Waals surface area contributed by atoms with Crippen LogP contribution in [-0.2, 0) is 13.0 Å². The van der Waals surface area contributed by atoms with Crippen LogP contribution < -0.4 is 15.0 Å². The molecule has 1 atom stereocenters. The fourth-order valence-corrected chi connectivity index (χ4v) is 5.62. The van der Waals surface area contributed by atoms with Crippen molar-refractivity contribution < 1.29 is 4.74 Å². The second kappa shape index (κ2) is 9.94. The minimum atomic E-state index is 0.502. The van der Waals surface area contributed by atoms with Crippen LogP contribution in [0.4, 0.5) is 11.5 Å². The number of rotatable bonds is 6. The van der Waals surface area contributed by atoms with Crippen LogP contribution in [0, 0.1) is 12.8 Å². The number of fused-ring (bicyclic) bond motifs is 2. The third-order valence-corrected chi connectivity index (χ3v) is 7.66. The van der Waals surface area contributed by atoms with Crippen LogP contribution in [0.1, 0.15) is 23.1 Å². The zero-order valence-electron chi connectivity index (χ0n) is 21.7. The highest BCUT2D eigenvalue weighted by Gasteiger charge is 2.22. The summed E-state index contributed by atoms with van der Waals surface area (Å²) in [6, 6.07) is 14.9. The molecule has 2 aromatic heterocycles. The predicted molar refractivity (Wildman–Crippen MR) is 147 cm³/mol. The normalized spacial score (nSPS) is 17.7. The number of methoxy groups -OCH3 is 1. The van der Waals surface area contributed by atoms with E-state index in [2.05, 4.69) is 74.6 Å². The number of likely N-dealkylation sites (tertiary alicyclic amines) is 1. The van der Waals surface area contributed by atoms with Gasteiger partial charge in [0.25, 0.3) is 0 Å². The quantitative estimate of drug-likeness (QED) is 0.424. The fourth-order valence-electron chi connectivity index (χ4n) is 5.62. The average Bonchev–Trinajstić information content (AvgIpc) is 3.36. The van der Waals surface area contributed by atoms with Crippen molar-refractivity contribution in [1.29, 1.82) is 0 Å². The highest BCUT2D eigenvalue weighted by atomic mass is 16.5. The van der Waals surface area contributed by atoms with E-state index in [0.29, 0.717) is 5.88 Å². The zero-order valence-corrected chi connectivity index (χ0v) is 21.7. The Morgan fingerprint density at radius 1 is 1.03 bits per heavy atom. The van der Waals surface area contributed by atoms with Crippen molar-refractivity contribution >= 4 is 22.4 Å². The van der Waals surface area contributed by atoms with Gasteiger partial charge in [0.15, 0.2) is 0 Å². The molecule has 0 amide bonds. The van der Waals surface area contributed by atoms with Gasteiger partial charge in [-0.3, -0.25) is 0 Å². The molecule has 1 unspecified atom stereocenters. The lowest BCUT2D eigenvalue weighted by molar-refractivity contribution is 0.392. The average molecular weight is 496 g/mol. The van der Waals surface area contributed by atoms with E-state index in [1.54, 1.807) is 13.4 Å². The van der Waals surface area contributed by atoms with Gasteiger partial charge in [0.2, 0.25) is 5.88 Å². The minimum absolute atomic E-state index is 0.502. The molecule has 0 radical (unpaired) electrons. The topological polar surface area (TPSA) is 79.3 Å². The van der Waals surface area contributed by atoms with Crippen LogP contribution in [0.3, 0.4) is 0 Å². The van der Waals surface area contributed by atoms with Gasteiger partial charge in [-0.25, -0.2) is 9.97 Å². The van der Waals surface area contributed by atoms with Gasteiger partial charge in [0, 0.05) is 48.9 Å². The van der Waals surface area contributed by atoms with Gasteiger partial charge >= 0.3 is 0 Å². The Bertz CT molecular complexity index is 1420. The molecule has 8 nitrogen and oxygen atoms in total. The first kappa shape index (κ1) is 23.6. The summed E-state index contributed by atoms with van der Waals surface area (Å²) in [5.41, 5.74) is 7.85. The lowest BCUT2D eigenvalue weighted by Gasteiger charge is -2.31. The summed E-state index contributed by atoms with van der Waals surface area (Å²) >= 11 is 0. The molecular weight excluding hydrogens is 462 g/mol. The molecule has 1 saturated heterocycles. The van der Waals surface area contributed by atoms with E-state index in [-0.39, 0.29) is 0 Å². The van der Waals surface area contributed by atoms with E-state index in [9.17, 15) is 0 Å². The molecule has 6 rings (SSSR count). The van der Waals surface area contributed by atoms with Crippen LogP contribution in [0.5, 0.6) is 5.88 Å². The minimum Gasteiger partial charge on any atom is -0.480 e. The third kappa shape index (κ3) is 4.81. The second-order valence-electron chi connectivity index (χ2n) is 10.3. The molecule has 4 heterocycles. The molecule has 0 spiro atoms. The van der Waals surface area contributed by atoms with Gasteiger partial charge in [0.05, 0.1) is 18.3 Å². The van der Waals surface area contributed by atoms with Gasteiger partial charge in [0.1, 0.15) is 12.1 Å². The molecule has 2 aliphatic rings. The molecule has 0 saturated carbocycles. The summed E-state index contributed by atoms with van der Waals surface area (Å²) in [7, 11) is 3.80. The molecule has 0 aliphatic carbocycles. The highest BCUT2D eigenvalue weighted by molar-refractivity contribution is 5.94.